The molecular formula is C13H21ClFN3. The monoisotopic (exact) mass is 273 g/mol. The van der Waals surface area contributed by atoms with Crippen molar-refractivity contribution in [2.45, 2.75) is 44.7 Å². The predicted molar refractivity (Wildman–Crippen MR) is 73.4 cm³/mol. The summed E-state index contributed by atoms with van der Waals surface area (Å²) in [7, 11) is 0. The molecule has 18 heavy (non-hydrogen) atoms. The first kappa shape index (κ1) is 15.3. The lowest BCUT2D eigenvalue weighted by Gasteiger charge is -2.15. The maximum atomic E-state index is 13.3. The van der Waals surface area contributed by atoms with E-state index < -0.39 is 0 Å². The lowest BCUT2D eigenvalue weighted by Crippen LogP contribution is -2.19. The number of halogens is 2. The second kappa shape index (κ2) is 7.02. The van der Waals surface area contributed by atoms with E-state index in [1.54, 1.807) is 6.07 Å². The van der Waals surface area contributed by atoms with Gasteiger partial charge in [-0.25, -0.2) is 4.39 Å². The van der Waals surface area contributed by atoms with Crippen molar-refractivity contribution in [3.8, 4) is 0 Å². The van der Waals surface area contributed by atoms with E-state index in [1.165, 1.54) is 6.20 Å². The minimum Gasteiger partial charge on any atom is -0.328 e. The SMILES string of the molecule is CC(N)CCc1ncc(F)cc1C1CCCN1.Cl. The maximum absolute atomic E-state index is 13.3. The lowest BCUT2D eigenvalue weighted by atomic mass is 9.99. The molecule has 1 aliphatic heterocycles. The third kappa shape index (κ3) is 3.90. The first-order chi connectivity index (χ1) is 8.16. The van der Waals surface area contributed by atoms with Crippen LogP contribution in [0.25, 0.3) is 0 Å². The number of rotatable bonds is 4. The Labute approximate surface area is 114 Å². The molecule has 0 aromatic carbocycles. The molecule has 3 nitrogen and oxygen atoms in total. The van der Waals surface area contributed by atoms with E-state index in [0.717, 1.165) is 43.5 Å². The third-order valence-electron chi connectivity index (χ3n) is 3.24. The van der Waals surface area contributed by atoms with E-state index in [1.807, 2.05) is 6.92 Å². The van der Waals surface area contributed by atoms with Gasteiger partial charge in [-0.15, -0.1) is 12.4 Å². The van der Waals surface area contributed by atoms with Crippen LogP contribution in [0.1, 0.15) is 43.5 Å². The Morgan fingerprint density at radius 3 is 3.00 bits per heavy atom. The summed E-state index contributed by atoms with van der Waals surface area (Å²) in [6.45, 7) is 2.99. The van der Waals surface area contributed by atoms with E-state index in [-0.39, 0.29) is 30.3 Å². The average Bonchev–Trinajstić information content (AvgIpc) is 2.80. The molecule has 0 radical (unpaired) electrons. The molecule has 2 unspecified atom stereocenters. The molecule has 102 valence electrons. The van der Waals surface area contributed by atoms with Crippen LogP contribution >= 0.6 is 12.4 Å². The summed E-state index contributed by atoms with van der Waals surface area (Å²) in [4.78, 5) is 4.22. The van der Waals surface area contributed by atoms with Crippen molar-refractivity contribution in [1.29, 1.82) is 0 Å². The van der Waals surface area contributed by atoms with Crippen LogP contribution < -0.4 is 11.1 Å². The van der Waals surface area contributed by atoms with Gasteiger partial charge in [0.05, 0.1) is 6.20 Å². The van der Waals surface area contributed by atoms with Crippen molar-refractivity contribution in [3.63, 3.8) is 0 Å². The van der Waals surface area contributed by atoms with Crippen LogP contribution in [-0.4, -0.2) is 17.6 Å². The molecular weight excluding hydrogens is 253 g/mol. The largest absolute Gasteiger partial charge is 0.328 e. The van der Waals surface area contributed by atoms with Gasteiger partial charge in [-0.1, -0.05) is 0 Å². The van der Waals surface area contributed by atoms with Gasteiger partial charge in [0.25, 0.3) is 0 Å². The number of nitrogens with two attached hydrogens (primary N) is 1. The van der Waals surface area contributed by atoms with Crippen molar-refractivity contribution in [1.82, 2.24) is 10.3 Å². The van der Waals surface area contributed by atoms with Crippen LogP contribution in [0.4, 0.5) is 4.39 Å². The smallest absolute Gasteiger partial charge is 0.141 e. The number of hydrogen-bond acceptors (Lipinski definition) is 3. The highest BCUT2D eigenvalue weighted by Gasteiger charge is 2.20. The molecule has 1 saturated heterocycles. The number of aromatic nitrogens is 1. The van der Waals surface area contributed by atoms with E-state index in [0.29, 0.717) is 0 Å². The average molecular weight is 274 g/mol. The standard InChI is InChI=1S/C13H20FN3.ClH/c1-9(15)4-5-13-11(7-10(14)8-17-13)12-3-2-6-16-12;/h7-9,12,16H,2-6,15H2,1H3;1H. The summed E-state index contributed by atoms with van der Waals surface area (Å²) in [6.07, 6.45) is 5.23. The fraction of sp³-hybridized carbons (Fsp3) is 0.615. The molecule has 1 aromatic heterocycles. The number of nitrogens with zero attached hydrogens (tertiary/aromatic N) is 1. The molecule has 1 fully saturated rings. The van der Waals surface area contributed by atoms with Crippen molar-refractivity contribution >= 4 is 12.4 Å². The zero-order chi connectivity index (χ0) is 12.3. The van der Waals surface area contributed by atoms with Gasteiger partial charge in [0.15, 0.2) is 0 Å². The van der Waals surface area contributed by atoms with Gasteiger partial charge < -0.3 is 11.1 Å². The second-order valence-electron chi connectivity index (χ2n) is 4.85. The molecule has 5 heteroatoms. The van der Waals surface area contributed by atoms with E-state index in [2.05, 4.69) is 10.3 Å². The number of aryl methyl sites for hydroxylation is 1. The Kier molecular flexibility index (Phi) is 5.99. The summed E-state index contributed by atoms with van der Waals surface area (Å²) >= 11 is 0. The third-order valence-corrected chi connectivity index (χ3v) is 3.24. The van der Waals surface area contributed by atoms with Gasteiger partial charge in [-0.3, -0.25) is 4.98 Å². The Bertz CT molecular complexity index is 378. The molecule has 2 rings (SSSR count). The van der Waals surface area contributed by atoms with Crippen LogP contribution in [0.5, 0.6) is 0 Å². The van der Waals surface area contributed by atoms with Gasteiger partial charge in [-0.2, -0.15) is 0 Å². The molecule has 3 N–H and O–H groups in total. The minimum atomic E-state index is -0.252. The maximum Gasteiger partial charge on any atom is 0.141 e. The first-order valence-corrected chi connectivity index (χ1v) is 6.30. The Morgan fingerprint density at radius 1 is 1.61 bits per heavy atom. The van der Waals surface area contributed by atoms with Gasteiger partial charge in [-0.05, 0) is 50.8 Å². The van der Waals surface area contributed by atoms with Crippen molar-refractivity contribution in [3.05, 3.63) is 29.3 Å². The molecule has 0 spiro atoms. The molecule has 2 heterocycles. The van der Waals surface area contributed by atoms with Gasteiger partial charge >= 0.3 is 0 Å². The van der Waals surface area contributed by atoms with Crippen LogP contribution in [0.2, 0.25) is 0 Å². The highest BCUT2D eigenvalue weighted by atomic mass is 35.5. The Morgan fingerprint density at radius 2 is 2.39 bits per heavy atom. The highest BCUT2D eigenvalue weighted by Crippen LogP contribution is 2.26. The molecule has 0 bridgehead atoms. The summed E-state index contributed by atoms with van der Waals surface area (Å²) in [6, 6.07) is 2.04. The zero-order valence-corrected chi connectivity index (χ0v) is 11.5. The molecule has 1 aromatic rings. The summed E-state index contributed by atoms with van der Waals surface area (Å²) < 4.78 is 13.3. The van der Waals surface area contributed by atoms with Crippen LogP contribution in [-0.2, 0) is 6.42 Å². The van der Waals surface area contributed by atoms with Gasteiger partial charge in [0, 0.05) is 17.8 Å². The molecule has 1 aliphatic rings. The molecule has 0 aliphatic carbocycles. The zero-order valence-electron chi connectivity index (χ0n) is 10.7. The number of hydrogen-bond donors (Lipinski definition) is 2. The Balaban J connectivity index is 0.00000162. The normalized spacial score (nSPS) is 20.5. The van der Waals surface area contributed by atoms with Gasteiger partial charge in [0.1, 0.15) is 5.82 Å². The quantitative estimate of drug-likeness (QED) is 0.885. The minimum absolute atomic E-state index is 0. The summed E-state index contributed by atoms with van der Waals surface area (Å²) in [5, 5.41) is 3.39. The molecule has 2 atom stereocenters. The van der Waals surface area contributed by atoms with E-state index in [9.17, 15) is 4.39 Å². The summed E-state index contributed by atoms with van der Waals surface area (Å²) in [5.41, 5.74) is 7.76. The Hall–Kier alpha value is -0.710. The molecule has 0 amide bonds. The van der Waals surface area contributed by atoms with Crippen molar-refractivity contribution < 1.29 is 4.39 Å². The van der Waals surface area contributed by atoms with Crippen molar-refractivity contribution in [2.75, 3.05) is 6.54 Å². The fourth-order valence-electron chi connectivity index (χ4n) is 2.31. The topological polar surface area (TPSA) is 50.9 Å². The highest BCUT2D eigenvalue weighted by molar-refractivity contribution is 5.85. The van der Waals surface area contributed by atoms with Gasteiger partial charge in [0.2, 0.25) is 0 Å². The lowest BCUT2D eigenvalue weighted by molar-refractivity contribution is 0.581. The van der Waals surface area contributed by atoms with E-state index in [4.69, 9.17) is 5.73 Å². The van der Waals surface area contributed by atoms with Crippen LogP contribution in [0.15, 0.2) is 12.3 Å². The fourth-order valence-corrected chi connectivity index (χ4v) is 2.31. The first-order valence-electron chi connectivity index (χ1n) is 6.30. The second-order valence-corrected chi connectivity index (χ2v) is 4.85. The van der Waals surface area contributed by atoms with E-state index >= 15 is 0 Å². The van der Waals surface area contributed by atoms with Crippen molar-refractivity contribution in [2.24, 2.45) is 5.73 Å². The predicted octanol–water partition coefficient (Wildman–Crippen LogP) is 2.35. The van der Waals surface area contributed by atoms with Crippen LogP contribution in [0, 0.1) is 5.82 Å². The molecule has 0 saturated carbocycles. The van der Waals surface area contributed by atoms with Crippen LogP contribution in [0.3, 0.4) is 0 Å². The number of pyridine rings is 1. The summed E-state index contributed by atoms with van der Waals surface area (Å²) in [5.74, 6) is -0.252. The number of nitrogens with one attached hydrogen (secondary N) is 1.